The van der Waals surface area contributed by atoms with E-state index in [2.05, 4.69) is 37.4 Å². The van der Waals surface area contributed by atoms with Gasteiger partial charge < -0.3 is 10.2 Å². The van der Waals surface area contributed by atoms with Crippen molar-refractivity contribution >= 4 is 62.6 Å². The molecule has 0 unspecified atom stereocenters. The van der Waals surface area contributed by atoms with E-state index in [9.17, 15) is 8.42 Å². The molecule has 2 rings (SSSR count). The van der Waals surface area contributed by atoms with Crippen LogP contribution >= 0.6 is 46.7 Å². The Morgan fingerprint density at radius 3 is 2.67 bits per heavy atom. The topological polar surface area (TPSA) is 73.8 Å². The molecule has 2 aromatic rings. The highest BCUT2D eigenvalue weighted by Gasteiger charge is 2.15. The van der Waals surface area contributed by atoms with Crippen LogP contribution in [0, 0.1) is 6.92 Å². The van der Waals surface area contributed by atoms with Gasteiger partial charge in [-0.05, 0) is 43.8 Å². The van der Waals surface area contributed by atoms with E-state index in [0.717, 1.165) is 30.3 Å². The molecule has 2 N–H and O–H groups in total. The molecule has 0 aliphatic carbocycles. The molecular formula is C17H27IN4O2S3. The zero-order valence-electron chi connectivity index (χ0n) is 15.8. The van der Waals surface area contributed by atoms with Gasteiger partial charge in [-0.15, -0.1) is 46.7 Å². The number of hydrogen-bond donors (Lipinski definition) is 2. The van der Waals surface area contributed by atoms with Gasteiger partial charge in [0.2, 0.25) is 10.0 Å². The Balaban J connectivity index is 0.00000364. The Morgan fingerprint density at radius 1 is 1.30 bits per heavy atom. The summed E-state index contributed by atoms with van der Waals surface area (Å²) in [7, 11) is -1.45. The fourth-order valence-corrected chi connectivity index (χ4v) is 5.32. The summed E-state index contributed by atoms with van der Waals surface area (Å²) in [6.45, 7) is 6.18. The highest BCUT2D eigenvalue weighted by atomic mass is 127. The van der Waals surface area contributed by atoms with Crippen molar-refractivity contribution < 1.29 is 8.42 Å². The lowest BCUT2D eigenvalue weighted by atomic mass is 10.3. The van der Waals surface area contributed by atoms with Gasteiger partial charge in [0.1, 0.15) is 4.21 Å². The van der Waals surface area contributed by atoms with Gasteiger partial charge in [-0.1, -0.05) is 6.07 Å². The number of aliphatic imine (C=N–C) groups is 1. The van der Waals surface area contributed by atoms with Crippen LogP contribution in [0.25, 0.3) is 0 Å². The van der Waals surface area contributed by atoms with Gasteiger partial charge in [0.05, 0.1) is 6.54 Å². The largest absolute Gasteiger partial charge is 0.357 e. The molecule has 2 heterocycles. The van der Waals surface area contributed by atoms with Gasteiger partial charge >= 0.3 is 0 Å². The second-order valence-corrected chi connectivity index (χ2v) is 10.1. The molecule has 0 fully saturated rings. The SMILES string of the molecule is CCNC(=NCCNS(=O)(=O)c1ccc(C)s1)N(C)CCc1cccs1.I. The van der Waals surface area contributed by atoms with Gasteiger partial charge in [-0.25, -0.2) is 13.1 Å². The lowest BCUT2D eigenvalue weighted by Gasteiger charge is -2.21. The molecular weight excluding hydrogens is 515 g/mol. The normalized spacial score (nSPS) is 11.9. The standard InChI is InChI=1S/C17H26N4O2S3.HI/c1-4-18-17(21(3)12-9-15-6-5-13-24-15)19-10-11-20-26(22,23)16-8-7-14(2)25-16;/h5-8,13,20H,4,9-12H2,1-3H3,(H,18,19);1H. The Morgan fingerprint density at radius 2 is 2.07 bits per heavy atom. The molecule has 0 bridgehead atoms. The molecule has 0 saturated heterocycles. The number of guanidine groups is 1. The summed E-state index contributed by atoms with van der Waals surface area (Å²) in [5, 5.41) is 5.33. The van der Waals surface area contributed by atoms with Crippen LogP contribution in [0.3, 0.4) is 0 Å². The van der Waals surface area contributed by atoms with Crippen molar-refractivity contribution in [3.05, 3.63) is 39.4 Å². The maximum atomic E-state index is 12.2. The Hall–Kier alpha value is -0.690. The van der Waals surface area contributed by atoms with Crippen LogP contribution < -0.4 is 10.0 Å². The van der Waals surface area contributed by atoms with Crippen LogP contribution in [0.1, 0.15) is 16.7 Å². The predicted octanol–water partition coefficient (Wildman–Crippen LogP) is 3.15. The van der Waals surface area contributed by atoms with Crippen LogP contribution in [0.4, 0.5) is 0 Å². The number of likely N-dealkylation sites (N-methyl/N-ethyl adjacent to an activating group) is 1. The summed E-state index contributed by atoms with van der Waals surface area (Å²) < 4.78 is 27.4. The third-order valence-corrected chi connectivity index (χ3v) is 7.51. The second kappa shape index (κ2) is 12.0. The Labute approximate surface area is 187 Å². The average Bonchev–Trinajstić information content (AvgIpc) is 3.27. The first-order valence-corrected chi connectivity index (χ1v) is 11.7. The molecule has 27 heavy (non-hydrogen) atoms. The smallest absolute Gasteiger partial charge is 0.250 e. The maximum Gasteiger partial charge on any atom is 0.250 e. The molecule has 0 aromatic carbocycles. The first-order chi connectivity index (χ1) is 12.4. The molecule has 0 spiro atoms. The van der Waals surface area contributed by atoms with E-state index in [4.69, 9.17) is 0 Å². The Kier molecular flexibility index (Phi) is 10.8. The van der Waals surface area contributed by atoms with Crippen LogP contribution in [0.15, 0.2) is 38.8 Å². The van der Waals surface area contributed by atoms with E-state index < -0.39 is 10.0 Å². The summed E-state index contributed by atoms with van der Waals surface area (Å²) in [5.74, 6) is 0.787. The van der Waals surface area contributed by atoms with E-state index in [0.29, 0.717) is 10.8 Å². The maximum absolute atomic E-state index is 12.2. The predicted molar refractivity (Wildman–Crippen MR) is 126 cm³/mol. The van der Waals surface area contributed by atoms with Gasteiger partial charge in [-0.2, -0.15) is 0 Å². The van der Waals surface area contributed by atoms with E-state index in [1.165, 1.54) is 16.2 Å². The molecule has 6 nitrogen and oxygen atoms in total. The number of rotatable bonds is 9. The van der Waals surface area contributed by atoms with Crippen molar-refractivity contribution in [1.29, 1.82) is 0 Å². The molecule has 0 atom stereocenters. The molecule has 0 radical (unpaired) electrons. The van der Waals surface area contributed by atoms with Crippen LogP contribution in [-0.4, -0.2) is 52.5 Å². The number of nitrogens with zero attached hydrogens (tertiary/aromatic N) is 2. The zero-order chi connectivity index (χ0) is 19.0. The molecule has 10 heteroatoms. The van der Waals surface area contributed by atoms with Crippen molar-refractivity contribution in [3.63, 3.8) is 0 Å². The quantitative estimate of drug-likeness (QED) is 0.221. The first kappa shape index (κ1) is 24.3. The van der Waals surface area contributed by atoms with E-state index in [1.54, 1.807) is 17.4 Å². The van der Waals surface area contributed by atoms with Crippen LogP contribution in [0.2, 0.25) is 0 Å². The summed E-state index contributed by atoms with van der Waals surface area (Å²) in [6.07, 6.45) is 0.961. The highest BCUT2D eigenvalue weighted by molar-refractivity contribution is 14.0. The number of thiophene rings is 2. The lowest BCUT2D eigenvalue weighted by Crippen LogP contribution is -2.40. The first-order valence-electron chi connectivity index (χ1n) is 8.50. The molecule has 0 aliphatic rings. The number of nitrogens with one attached hydrogen (secondary N) is 2. The molecule has 2 aromatic heterocycles. The third-order valence-electron chi connectivity index (χ3n) is 3.62. The minimum absolute atomic E-state index is 0. The minimum atomic E-state index is -3.44. The third kappa shape index (κ3) is 8.06. The number of halogens is 1. The van der Waals surface area contributed by atoms with E-state index in [-0.39, 0.29) is 30.5 Å². The van der Waals surface area contributed by atoms with Crippen molar-refractivity contribution in [2.45, 2.75) is 24.5 Å². The van der Waals surface area contributed by atoms with Crippen molar-refractivity contribution in [2.75, 3.05) is 33.2 Å². The van der Waals surface area contributed by atoms with Crippen molar-refractivity contribution in [3.8, 4) is 0 Å². The fraction of sp³-hybridized carbons (Fsp3) is 0.471. The molecule has 0 saturated carbocycles. The Bertz CT molecular complexity index is 804. The van der Waals surface area contributed by atoms with E-state index in [1.807, 2.05) is 27.0 Å². The van der Waals surface area contributed by atoms with Crippen LogP contribution in [0.5, 0.6) is 0 Å². The van der Waals surface area contributed by atoms with Gasteiger partial charge in [0, 0.05) is 36.4 Å². The van der Waals surface area contributed by atoms with Gasteiger partial charge in [0.15, 0.2) is 5.96 Å². The number of aryl methyl sites for hydroxylation is 1. The zero-order valence-corrected chi connectivity index (χ0v) is 20.5. The fourth-order valence-electron chi connectivity index (χ4n) is 2.28. The summed E-state index contributed by atoms with van der Waals surface area (Å²) in [4.78, 5) is 8.91. The number of sulfonamides is 1. The highest BCUT2D eigenvalue weighted by Crippen LogP contribution is 2.19. The lowest BCUT2D eigenvalue weighted by molar-refractivity contribution is 0.486. The van der Waals surface area contributed by atoms with Crippen molar-refractivity contribution in [1.82, 2.24) is 14.9 Å². The summed E-state index contributed by atoms with van der Waals surface area (Å²) >= 11 is 3.02. The molecule has 0 aliphatic heterocycles. The van der Waals surface area contributed by atoms with Crippen molar-refractivity contribution in [2.24, 2.45) is 4.99 Å². The average molecular weight is 543 g/mol. The molecule has 152 valence electrons. The number of hydrogen-bond acceptors (Lipinski definition) is 5. The monoisotopic (exact) mass is 542 g/mol. The summed E-state index contributed by atoms with van der Waals surface area (Å²) in [5.41, 5.74) is 0. The minimum Gasteiger partial charge on any atom is -0.357 e. The molecule has 0 amide bonds. The second-order valence-electron chi connectivity index (χ2n) is 5.75. The van der Waals surface area contributed by atoms with Crippen LogP contribution in [-0.2, 0) is 16.4 Å². The van der Waals surface area contributed by atoms with Gasteiger partial charge in [0.25, 0.3) is 0 Å². The summed E-state index contributed by atoms with van der Waals surface area (Å²) in [6, 6.07) is 7.63. The van der Waals surface area contributed by atoms with E-state index >= 15 is 0 Å². The van der Waals surface area contributed by atoms with Gasteiger partial charge in [-0.3, -0.25) is 4.99 Å².